The van der Waals surface area contributed by atoms with Gasteiger partial charge < -0.3 is 4.90 Å². The molecule has 2 nitrogen and oxygen atoms in total. The minimum Gasteiger partial charge on any atom is -0.333 e. The molecule has 2 rings (SSSR count). The van der Waals surface area contributed by atoms with Crippen molar-refractivity contribution in [3.05, 3.63) is 65.7 Å². The van der Waals surface area contributed by atoms with E-state index in [1.165, 1.54) is 17.0 Å². The number of rotatable bonds is 5. The fourth-order valence-electron chi connectivity index (χ4n) is 1.93. The van der Waals surface area contributed by atoms with Crippen LogP contribution in [0.1, 0.15) is 11.3 Å². The summed E-state index contributed by atoms with van der Waals surface area (Å²) in [6.07, 6.45) is 2.79. The van der Waals surface area contributed by atoms with Gasteiger partial charge in [-0.1, -0.05) is 18.2 Å². The van der Waals surface area contributed by atoms with Crippen molar-refractivity contribution in [1.82, 2.24) is 4.98 Å². The number of quaternary nitrogens is 1. The topological polar surface area (TPSA) is 17.3 Å². The fourth-order valence-corrected chi connectivity index (χ4v) is 1.93. The maximum atomic E-state index is 12.8. The molecule has 1 unspecified atom stereocenters. The molecule has 3 heteroatoms. The SMILES string of the molecule is C[NH+](CCc1ccccn1)Cc1ccc(F)cc1. The van der Waals surface area contributed by atoms with Crippen LogP contribution in [0, 0.1) is 5.82 Å². The van der Waals surface area contributed by atoms with Crippen LogP contribution in [0.3, 0.4) is 0 Å². The lowest BCUT2D eigenvalue weighted by Gasteiger charge is -2.13. The molecular weight excluding hydrogens is 227 g/mol. The zero-order chi connectivity index (χ0) is 12.8. The molecule has 1 N–H and O–H groups in total. The highest BCUT2D eigenvalue weighted by atomic mass is 19.1. The smallest absolute Gasteiger partial charge is 0.123 e. The highest BCUT2D eigenvalue weighted by Crippen LogP contribution is 2.00. The van der Waals surface area contributed by atoms with Crippen LogP contribution in [0.15, 0.2) is 48.7 Å². The van der Waals surface area contributed by atoms with Crippen molar-refractivity contribution < 1.29 is 9.29 Å². The number of benzene rings is 1. The summed E-state index contributed by atoms with van der Waals surface area (Å²) in [4.78, 5) is 5.70. The van der Waals surface area contributed by atoms with Gasteiger partial charge in [-0.2, -0.15) is 0 Å². The van der Waals surface area contributed by atoms with Gasteiger partial charge in [0.2, 0.25) is 0 Å². The number of hydrogen-bond donors (Lipinski definition) is 1. The predicted molar refractivity (Wildman–Crippen MR) is 69.8 cm³/mol. The average Bonchev–Trinajstić information content (AvgIpc) is 2.40. The Morgan fingerprint density at radius 1 is 1.11 bits per heavy atom. The number of pyridine rings is 1. The second-order valence-electron chi connectivity index (χ2n) is 4.58. The first kappa shape index (κ1) is 12.7. The maximum absolute atomic E-state index is 12.8. The van der Waals surface area contributed by atoms with Crippen molar-refractivity contribution in [1.29, 1.82) is 0 Å². The van der Waals surface area contributed by atoms with Gasteiger partial charge in [0.15, 0.2) is 0 Å². The highest BCUT2D eigenvalue weighted by Gasteiger charge is 2.04. The van der Waals surface area contributed by atoms with Crippen molar-refractivity contribution in [2.45, 2.75) is 13.0 Å². The van der Waals surface area contributed by atoms with Crippen LogP contribution in [0.25, 0.3) is 0 Å². The van der Waals surface area contributed by atoms with E-state index in [0.29, 0.717) is 0 Å². The lowest BCUT2D eigenvalue weighted by atomic mass is 10.2. The molecule has 0 amide bonds. The molecule has 1 heterocycles. The zero-order valence-electron chi connectivity index (χ0n) is 10.6. The van der Waals surface area contributed by atoms with Crippen LogP contribution < -0.4 is 4.90 Å². The average molecular weight is 245 g/mol. The number of aromatic nitrogens is 1. The maximum Gasteiger partial charge on any atom is 0.123 e. The Morgan fingerprint density at radius 3 is 2.56 bits per heavy atom. The number of halogens is 1. The van der Waals surface area contributed by atoms with Gasteiger partial charge in [-0.25, -0.2) is 4.39 Å². The highest BCUT2D eigenvalue weighted by molar-refractivity contribution is 5.14. The summed E-state index contributed by atoms with van der Waals surface area (Å²) in [6, 6.07) is 12.7. The van der Waals surface area contributed by atoms with Crippen LogP contribution in [-0.2, 0) is 13.0 Å². The van der Waals surface area contributed by atoms with Crippen LogP contribution in [0.4, 0.5) is 4.39 Å². The molecule has 0 aliphatic rings. The minimum absolute atomic E-state index is 0.176. The van der Waals surface area contributed by atoms with Gasteiger partial charge in [-0.05, 0) is 24.3 Å². The van der Waals surface area contributed by atoms with Gasteiger partial charge >= 0.3 is 0 Å². The van der Waals surface area contributed by atoms with Gasteiger partial charge in [-0.15, -0.1) is 0 Å². The van der Waals surface area contributed by atoms with E-state index in [2.05, 4.69) is 12.0 Å². The van der Waals surface area contributed by atoms with Crippen molar-refractivity contribution in [3.63, 3.8) is 0 Å². The van der Waals surface area contributed by atoms with Gasteiger partial charge in [0, 0.05) is 23.9 Å². The lowest BCUT2D eigenvalue weighted by molar-refractivity contribution is -0.893. The van der Waals surface area contributed by atoms with E-state index in [-0.39, 0.29) is 5.82 Å². The molecule has 0 saturated carbocycles. The van der Waals surface area contributed by atoms with Gasteiger partial charge in [-0.3, -0.25) is 4.98 Å². The Morgan fingerprint density at radius 2 is 1.89 bits per heavy atom. The molecule has 1 aromatic heterocycles. The van der Waals surface area contributed by atoms with Gasteiger partial charge in [0.05, 0.1) is 13.6 Å². The normalized spacial score (nSPS) is 12.3. The summed E-state index contributed by atoms with van der Waals surface area (Å²) >= 11 is 0. The second kappa shape index (κ2) is 6.26. The van der Waals surface area contributed by atoms with E-state index >= 15 is 0 Å². The van der Waals surface area contributed by atoms with Crippen LogP contribution in [0.5, 0.6) is 0 Å². The van der Waals surface area contributed by atoms with Crippen LogP contribution in [-0.4, -0.2) is 18.6 Å². The standard InChI is InChI=1S/C15H17FN2/c1-18(11-9-15-4-2-3-10-17-15)12-13-5-7-14(16)8-6-13/h2-8,10H,9,11-12H2,1H3/p+1. The first-order valence-electron chi connectivity index (χ1n) is 6.20. The number of nitrogens with zero attached hydrogens (tertiary/aromatic N) is 1. The quantitative estimate of drug-likeness (QED) is 0.844. The zero-order valence-corrected chi connectivity index (χ0v) is 10.6. The molecule has 1 atom stereocenters. The molecule has 2 aromatic rings. The Balaban J connectivity index is 1.82. The summed E-state index contributed by atoms with van der Waals surface area (Å²) in [5.74, 6) is -0.176. The first-order valence-corrected chi connectivity index (χ1v) is 6.20. The molecule has 0 saturated heterocycles. The van der Waals surface area contributed by atoms with Gasteiger partial charge in [0.1, 0.15) is 12.4 Å². The largest absolute Gasteiger partial charge is 0.333 e. The Hall–Kier alpha value is -1.74. The van der Waals surface area contributed by atoms with Gasteiger partial charge in [0.25, 0.3) is 0 Å². The third-order valence-electron chi connectivity index (χ3n) is 2.95. The Bertz CT molecular complexity index is 468. The van der Waals surface area contributed by atoms with E-state index in [1.54, 1.807) is 0 Å². The number of nitrogens with one attached hydrogen (secondary N) is 1. The molecule has 0 aliphatic heterocycles. The minimum atomic E-state index is -0.176. The molecule has 94 valence electrons. The lowest BCUT2D eigenvalue weighted by Crippen LogP contribution is -3.07. The molecule has 1 aromatic carbocycles. The summed E-state index contributed by atoms with van der Waals surface area (Å²) < 4.78 is 12.8. The van der Waals surface area contributed by atoms with E-state index in [0.717, 1.165) is 30.8 Å². The molecule has 0 aliphatic carbocycles. The van der Waals surface area contributed by atoms with Crippen molar-refractivity contribution in [3.8, 4) is 0 Å². The molecule has 18 heavy (non-hydrogen) atoms. The van der Waals surface area contributed by atoms with Crippen molar-refractivity contribution in [2.75, 3.05) is 13.6 Å². The summed E-state index contributed by atoms with van der Waals surface area (Å²) in [5, 5.41) is 0. The van der Waals surface area contributed by atoms with E-state index in [4.69, 9.17) is 0 Å². The summed E-state index contributed by atoms with van der Waals surface area (Å²) in [6.45, 7) is 1.93. The van der Waals surface area contributed by atoms with Crippen molar-refractivity contribution in [2.24, 2.45) is 0 Å². The van der Waals surface area contributed by atoms with Crippen LogP contribution >= 0.6 is 0 Å². The summed E-state index contributed by atoms with van der Waals surface area (Å²) in [7, 11) is 2.15. The van der Waals surface area contributed by atoms with Crippen molar-refractivity contribution >= 4 is 0 Å². The van der Waals surface area contributed by atoms with Crippen LogP contribution in [0.2, 0.25) is 0 Å². The molecular formula is C15H18FN2+. The predicted octanol–water partition coefficient (Wildman–Crippen LogP) is 1.48. The van der Waals surface area contributed by atoms with E-state index < -0.39 is 0 Å². The van der Waals surface area contributed by atoms with E-state index in [1.807, 2.05) is 36.5 Å². The number of hydrogen-bond acceptors (Lipinski definition) is 1. The third kappa shape index (κ3) is 3.93. The second-order valence-corrected chi connectivity index (χ2v) is 4.58. The molecule has 0 radical (unpaired) electrons. The number of likely N-dealkylation sites (N-methyl/N-ethyl adjacent to an activating group) is 1. The monoisotopic (exact) mass is 245 g/mol. The molecule has 0 bridgehead atoms. The molecule has 0 spiro atoms. The Kier molecular flexibility index (Phi) is 4.42. The first-order chi connectivity index (χ1) is 8.74. The fraction of sp³-hybridized carbons (Fsp3) is 0.267. The van der Waals surface area contributed by atoms with E-state index in [9.17, 15) is 4.39 Å². The Labute approximate surface area is 107 Å². The molecule has 0 fully saturated rings. The summed E-state index contributed by atoms with van der Waals surface area (Å²) in [5.41, 5.74) is 2.28. The third-order valence-corrected chi connectivity index (χ3v) is 2.95.